The number of aliphatic imine (C=N–C) groups is 1. The molecule has 0 aromatic heterocycles. The Morgan fingerprint density at radius 2 is 2.38 bits per heavy atom. The Labute approximate surface area is 58.6 Å². The van der Waals surface area contributed by atoms with Gasteiger partial charge in [-0.1, -0.05) is 24.0 Å². The minimum atomic E-state index is 0.516. The van der Waals surface area contributed by atoms with Crippen LogP contribution in [0.25, 0.3) is 0 Å². The molecule has 0 bridgehead atoms. The van der Waals surface area contributed by atoms with E-state index in [1.165, 1.54) is 0 Å². The fourth-order valence-electron chi connectivity index (χ4n) is 0.498. The molecule has 0 aliphatic carbocycles. The SMILES string of the molecule is CC1=NC(=S)S[C@@H]1C. The molecule has 0 fully saturated rings. The summed E-state index contributed by atoms with van der Waals surface area (Å²) in [5.41, 5.74) is 1.15. The predicted octanol–water partition coefficient (Wildman–Crippen LogP) is 1.87. The highest BCUT2D eigenvalue weighted by Crippen LogP contribution is 2.22. The summed E-state index contributed by atoms with van der Waals surface area (Å²) in [6.07, 6.45) is 0. The van der Waals surface area contributed by atoms with Crippen molar-refractivity contribution < 1.29 is 0 Å². The van der Waals surface area contributed by atoms with E-state index in [2.05, 4.69) is 11.9 Å². The van der Waals surface area contributed by atoms with E-state index in [4.69, 9.17) is 12.2 Å². The lowest BCUT2D eigenvalue weighted by Crippen LogP contribution is -2.01. The molecule has 1 heterocycles. The first kappa shape index (κ1) is 6.23. The van der Waals surface area contributed by atoms with Crippen molar-refractivity contribution in [2.45, 2.75) is 19.1 Å². The molecule has 1 atom stereocenters. The Kier molecular flexibility index (Phi) is 1.68. The van der Waals surface area contributed by atoms with Crippen LogP contribution in [-0.4, -0.2) is 15.3 Å². The van der Waals surface area contributed by atoms with Crippen LogP contribution in [0.4, 0.5) is 0 Å². The first-order chi connectivity index (χ1) is 3.70. The highest BCUT2D eigenvalue weighted by Gasteiger charge is 2.15. The number of nitrogens with zero attached hydrogens (tertiary/aromatic N) is 1. The summed E-state index contributed by atoms with van der Waals surface area (Å²) in [6, 6.07) is 0. The molecule has 0 N–H and O–H groups in total. The predicted molar refractivity (Wildman–Crippen MR) is 42.8 cm³/mol. The Bertz CT molecular complexity index is 151. The maximum absolute atomic E-state index is 4.85. The van der Waals surface area contributed by atoms with Gasteiger partial charge in [-0.05, 0) is 13.8 Å². The molecule has 44 valence electrons. The summed E-state index contributed by atoms with van der Waals surface area (Å²) in [5.74, 6) is 0. The molecule has 1 rings (SSSR count). The molecule has 0 saturated carbocycles. The van der Waals surface area contributed by atoms with Gasteiger partial charge in [-0.15, -0.1) is 0 Å². The number of hydrogen-bond donors (Lipinski definition) is 0. The van der Waals surface area contributed by atoms with E-state index in [0.717, 1.165) is 10.0 Å². The van der Waals surface area contributed by atoms with Gasteiger partial charge in [-0.2, -0.15) is 0 Å². The van der Waals surface area contributed by atoms with E-state index in [0.29, 0.717) is 5.25 Å². The van der Waals surface area contributed by atoms with Gasteiger partial charge in [-0.25, -0.2) is 4.99 Å². The third-order valence-electron chi connectivity index (χ3n) is 1.13. The van der Waals surface area contributed by atoms with Crippen LogP contribution in [0.3, 0.4) is 0 Å². The zero-order valence-corrected chi connectivity index (χ0v) is 6.47. The van der Waals surface area contributed by atoms with Gasteiger partial charge in [0, 0.05) is 11.0 Å². The van der Waals surface area contributed by atoms with Crippen LogP contribution >= 0.6 is 24.0 Å². The van der Waals surface area contributed by atoms with Crippen molar-refractivity contribution in [3.63, 3.8) is 0 Å². The van der Waals surface area contributed by atoms with Gasteiger partial charge in [0.05, 0.1) is 0 Å². The van der Waals surface area contributed by atoms with Crippen LogP contribution in [0, 0.1) is 0 Å². The van der Waals surface area contributed by atoms with E-state index < -0.39 is 0 Å². The van der Waals surface area contributed by atoms with Crippen molar-refractivity contribution in [2.24, 2.45) is 4.99 Å². The highest BCUT2D eigenvalue weighted by atomic mass is 32.2. The zero-order chi connectivity index (χ0) is 6.15. The van der Waals surface area contributed by atoms with Gasteiger partial charge >= 0.3 is 0 Å². The maximum Gasteiger partial charge on any atom is 0.160 e. The standard InChI is InChI=1S/C5H7NS2/c1-3-4(2)8-5(7)6-3/h4H,1-2H3/t4-/m1/s1. The molecule has 1 nitrogen and oxygen atoms in total. The summed E-state index contributed by atoms with van der Waals surface area (Å²) in [4.78, 5) is 4.08. The molecule has 1 aliphatic rings. The Morgan fingerprint density at radius 1 is 1.75 bits per heavy atom. The Morgan fingerprint density at radius 3 is 2.50 bits per heavy atom. The lowest BCUT2D eigenvalue weighted by atomic mass is 10.3. The maximum atomic E-state index is 4.85. The molecule has 0 saturated heterocycles. The van der Waals surface area contributed by atoms with E-state index in [1.54, 1.807) is 11.8 Å². The first-order valence-corrected chi connectivity index (χ1v) is 3.75. The molecule has 0 aromatic rings. The van der Waals surface area contributed by atoms with Gasteiger partial charge in [0.2, 0.25) is 0 Å². The molecule has 0 radical (unpaired) electrons. The molecule has 8 heavy (non-hydrogen) atoms. The van der Waals surface area contributed by atoms with Crippen LogP contribution in [0.1, 0.15) is 13.8 Å². The smallest absolute Gasteiger partial charge is 0.160 e. The van der Waals surface area contributed by atoms with Gasteiger partial charge in [0.1, 0.15) is 0 Å². The summed E-state index contributed by atoms with van der Waals surface area (Å²) < 4.78 is 0.787. The molecular formula is C5H7NS2. The van der Waals surface area contributed by atoms with Crippen LogP contribution in [0.15, 0.2) is 4.99 Å². The first-order valence-electron chi connectivity index (χ1n) is 2.46. The quantitative estimate of drug-likeness (QED) is 0.482. The van der Waals surface area contributed by atoms with E-state index >= 15 is 0 Å². The van der Waals surface area contributed by atoms with Crippen molar-refractivity contribution in [2.75, 3.05) is 0 Å². The monoisotopic (exact) mass is 145 g/mol. The van der Waals surface area contributed by atoms with Gasteiger partial charge in [0.15, 0.2) is 4.32 Å². The van der Waals surface area contributed by atoms with Crippen LogP contribution in [0.2, 0.25) is 0 Å². The van der Waals surface area contributed by atoms with Crippen LogP contribution < -0.4 is 0 Å². The molecular weight excluding hydrogens is 138 g/mol. The molecule has 0 spiro atoms. The molecule has 0 amide bonds. The van der Waals surface area contributed by atoms with Crippen molar-refractivity contribution in [1.82, 2.24) is 0 Å². The average Bonchev–Trinajstić information content (AvgIpc) is 1.85. The number of thiocarbonyl (C=S) groups is 1. The van der Waals surface area contributed by atoms with Crippen molar-refractivity contribution in [1.29, 1.82) is 0 Å². The van der Waals surface area contributed by atoms with E-state index in [-0.39, 0.29) is 0 Å². The van der Waals surface area contributed by atoms with E-state index in [1.807, 2.05) is 6.92 Å². The summed E-state index contributed by atoms with van der Waals surface area (Å²) in [7, 11) is 0. The van der Waals surface area contributed by atoms with Crippen LogP contribution in [0.5, 0.6) is 0 Å². The molecule has 0 aromatic carbocycles. The number of rotatable bonds is 0. The fraction of sp³-hybridized carbons (Fsp3) is 0.600. The Hall–Kier alpha value is 0.110. The third kappa shape index (κ3) is 1.09. The zero-order valence-electron chi connectivity index (χ0n) is 4.84. The normalized spacial score (nSPS) is 28.5. The lowest BCUT2D eigenvalue weighted by molar-refractivity contribution is 1.31. The minimum Gasteiger partial charge on any atom is -0.238 e. The topological polar surface area (TPSA) is 12.4 Å². The van der Waals surface area contributed by atoms with Crippen molar-refractivity contribution in [3.05, 3.63) is 0 Å². The fourth-order valence-corrected chi connectivity index (χ4v) is 1.80. The minimum absolute atomic E-state index is 0.516. The number of hydrogen-bond acceptors (Lipinski definition) is 2. The molecule has 3 heteroatoms. The second kappa shape index (κ2) is 2.15. The second-order valence-corrected chi connectivity index (χ2v) is 3.75. The third-order valence-corrected chi connectivity index (χ3v) is 2.50. The van der Waals surface area contributed by atoms with Gasteiger partial charge in [-0.3, -0.25) is 0 Å². The summed E-state index contributed by atoms with van der Waals surface area (Å²) >= 11 is 6.50. The van der Waals surface area contributed by atoms with E-state index in [9.17, 15) is 0 Å². The molecule has 0 unspecified atom stereocenters. The van der Waals surface area contributed by atoms with Crippen molar-refractivity contribution >= 4 is 34.0 Å². The largest absolute Gasteiger partial charge is 0.238 e. The highest BCUT2D eigenvalue weighted by molar-refractivity contribution is 8.24. The Balaban J connectivity index is 2.73. The van der Waals surface area contributed by atoms with Gasteiger partial charge < -0.3 is 0 Å². The van der Waals surface area contributed by atoms with Gasteiger partial charge in [0.25, 0.3) is 0 Å². The number of thioether (sulfide) groups is 1. The molecule has 1 aliphatic heterocycles. The lowest BCUT2D eigenvalue weighted by Gasteiger charge is -1.94. The average molecular weight is 145 g/mol. The van der Waals surface area contributed by atoms with Crippen LogP contribution in [-0.2, 0) is 0 Å². The summed E-state index contributed by atoms with van der Waals surface area (Å²) in [6.45, 7) is 4.12. The summed E-state index contributed by atoms with van der Waals surface area (Å²) in [5, 5.41) is 0.516. The van der Waals surface area contributed by atoms with Crippen molar-refractivity contribution in [3.8, 4) is 0 Å². The second-order valence-electron chi connectivity index (χ2n) is 1.78.